The number of rotatable bonds is 6. The number of fused-ring (bicyclic) bond motifs is 1. The maximum Gasteiger partial charge on any atom is 0.128 e. The molecule has 3 heteroatoms. The minimum Gasteiger partial charge on any atom is -0.396 e. The molecule has 0 amide bonds. The number of anilines is 1. The molecule has 1 aromatic rings. The normalized spacial score (nSPS) is 13.8. The van der Waals surface area contributed by atoms with Gasteiger partial charge in [-0.2, -0.15) is 0 Å². The van der Waals surface area contributed by atoms with Gasteiger partial charge in [0.2, 0.25) is 0 Å². The van der Waals surface area contributed by atoms with Crippen LogP contribution in [0.25, 0.3) is 0 Å². The van der Waals surface area contributed by atoms with E-state index in [1.165, 1.54) is 24.1 Å². The Hall–Kier alpha value is -1.09. The first kappa shape index (κ1) is 12.4. The molecule has 1 N–H and O–H groups in total. The van der Waals surface area contributed by atoms with E-state index >= 15 is 0 Å². The van der Waals surface area contributed by atoms with Crippen molar-refractivity contribution in [1.82, 2.24) is 4.98 Å². The Morgan fingerprint density at radius 1 is 1.24 bits per heavy atom. The van der Waals surface area contributed by atoms with Gasteiger partial charge >= 0.3 is 0 Å². The highest BCUT2D eigenvalue weighted by Crippen LogP contribution is 2.22. The van der Waals surface area contributed by atoms with Gasteiger partial charge in [-0.15, -0.1) is 0 Å². The minimum absolute atomic E-state index is 0.306. The van der Waals surface area contributed by atoms with Crippen LogP contribution in [0.1, 0.15) is 36.9 Å². The highest BCUT2D eigenvalue weighted by molar-refractivity contribution is 5.42. The van der Waals surface area contributed by atoms with E-state index in [0.717, 1.165) is 38.0 Å². The highest BCUT2D eigenvalue weighted by atomic mass is 16.2. The summed E-state index contributed by atoms with van der Waals surface area (Å²) in [5.41, 5.74) is 2.73. The number of hydrogen-bond acceptors (Lipinski definition) is 3. The lowest BCUT2D eigenvalue weighted by atomic mass is 10.2. The van der Waals surface area contributed by atoms with Crippen molar-refractivity contribution in [2.45, 2.75) is 38.5 Å². The lowest BCUT2D eigenvalue weighted by Gasteiger charge is -2.18. The lowest BCUT2D eigenvalue weighted by molar-refractivity contribution is 0.283. The summed E-state index contributed by atoms with van der Waals surface area (Å²) in [4.78, 5) is 6.95. The first-order chi connectivity index (χ1) is 8.31. The highest BCUT2D eigenvalue weighted by Gasteiger charge is 2.13. The summed E-state index contributed by atoms with van der Waals surface area (Å²) in [6.07, 6.45) is 6.71. The van der Waals surface area contributed by atoms with Crippen molar-refractivity contribution in [2.24, 2.45) is 0 Å². The van der Waals surface area contributed by atoms with Gasteiger partial charge in [0, 0.05) is 25.9 Å². The van der Waals surface area contributed by atoms with Crippen LogP contribution in [0, 0.1) is 0 Å². The average molecular weight is 234 g/mol. The van der Waals surface area contributed by atoms with E-state index in [0.29, 0.717) is 6.61 Å². The van der Waals surface area contributed by atoms with Crippen LogP contribution in [0.15, 0.2) is 12.1 Å². The van der Waals surface area contributed by atoms with Crippen LogP contribution >= 0.6 is 0 Å². The molecule has 1 aliphatic carbocycles. The summed E-state index contributed by atoms with van der Waals surface area (Å²) in [6, 6.07) is 4.37. The number of hydrogen-bond donors (Lipinski definition) is 1. The van der Waals surface area contributed by atoms with Gasteiger partial charge in [-0.05, 0) is 50.2 Å². The molecule has 1 aliphatic rings. The Balaban J connectivity index is 1.88. The quantitative estimate of drug-likeness (QED) is 0.766. The number of pyridine rings is 1. The van der Waals surface area contributed by atoms with Gasteiger partial charge in [0.1, 0.15) is 5.82 Å². The molecule has 94 valence electrons. The van der Waals surface area contributed by atoms with E-state index in [1.54, 1.807) is 0 Å². The second-order valence-corrected chi connectivity index (χ2v) is 4.83. The number of aliphatic hydroxyl groups is 1. The standard InChI is InChI=1S/C14H22N2O/c1-16(10-3-2-4-11-17)14-9-8-12-6-5-7-13(12)15-14/h8-9,17H,2-7,10-11H2,1H3. The van der Waals surface area contributed by atoms with Crippen molar-refractivity contribution < 1.29 is 5.11 Å². The number of aryl methyl sites for hydroxylation is 2. The molecule has 0 aliphatic heterocycles. The van der Waals surface area contributed by atoms with Crippen molar-refractivity contribution in [3.8, 4) is 0 Å². The number of aliphatic hydroxyl groups excluding tert-OH is 1. The molecule has 1 aromatic heterocycles. The maximum absolute atomic E-state index is 8.73. The molecule has 0 saturated carbocycles. The Labute approximate surface area is 103 Å². The summed E-state index contributed by atoms with van der Waals surface area (Å²) in [6.45, 7) is 1.33. The summed E-state index contributed by atoms with van der Waals surface area (Å²) in [7, 11) is 2.10. The number of aromatic nitrogens is 1. The van der Waals surface area contributed by atoms with Crippen LogP contribution in [0.2, 0.25) is 0 Å². The number of nitrogens with zero attached hydrogens (tertiary/aromatic N) is 2. The zero-order valence-corrected chi connectivity index (χ0v) is 10.7. The predicted octanol–water partition coefficient (Wildman–Crippen LogP) is 2.17. The Kier molecular flexibility index (Phi) is 4.37. The molecule has 0 aromatic carbocycles. The van der Waals surface area contributed by atoms with Crippen LogP contribution < -0.4 is 4.90 Å². The van der Waals surface area contributed by atoms with Gasteiger partial charge in [-0.1, -0.05) is 6.07 Å². The molecule has 0 fully saturated rings. The molecule has 1 heterocycles. The van der Waals surface area contributed by atoms with Crippen molar-refractivity contribution >= 4 is 5.82 Å². The van der Waals surface area contributed by atoms with E-state index in [9.17, 15) is 0 Å². The summed E-state index contributed by atoms with van der Waals surface area (Å²) >= 11 is 0. The van der Waals surface area contributed by atoms with Gasteiger partial charge in [0.05, 0.1) is 0 Å². The lowest BCUT2D eigenvalue weighted by Crippen LogP contribution is -2.20. The van der Waals surface area contributed by atoms with Gasteiger partial charge in [-0.3, -0.25) is 0 Å². The topological polar surface area (TPSA) is 36.4 Å². The van der Waals surface area contributed by atoms with Crippen LogP contribution in [-0.2, 0) is 12.8 Å². The molecule has 0 spiro atoms. The SMILES string of the molecule is CN(CCCCCO)c1ccc2c(n1)CCC2. The fourth-order valence-corrected chi connectivity index (χ4v) is 2.37. The second-order valence-electron chi connectivity index (χ2n) is 4.83. The van der Waals surface area contributed by atoms with Crippen LogP contribution in [0.3, 0.4) is 0 Å². The number of unbranched alkanes of at least 4 members (excludes halogenated alkanes) is 2. The second kappa shape index (κ2) is 6.01. The molecule has 17 heavy (non-hydrogen) atoms. The fourth-order valence-electron chi connectivity index (χ4n) is 2.37. The molecule has 0 bridgehead atoms. The van der Waals surface area contributed by atoms with E-state index in [1.807, 2.05) is 0 Å². The van der Waals surface area contributed by atoms with E-state index in [-0.39, 0.29) is 0 Å². The largest absolute Gasteiger partial charge is 0.396 e. The third-order valence-corrected chi connectivity index (χ3v) is 3.46. The minimum atomic E-state index is 0.306. The van der Waals surface area contributed by atoms with Crippen LogP contribution in [0.4, 0.5) is 5.82 Å². The Bertz CT molecular complexity index is 365. The van der Waals surface area contributed by atoms with E-state index in [2.05, 4.69) is 24.1 Å². The summed E-state index contributed by atoms with van der Waals surface area (Å²) in [5.74, 6) is 1.09. The zero-order valence-electron chi connectivity index (χ0n) is 10.7. The Morgan fingerprint density at radius 3 is 2.94 bits per heavy atom. The maximum atomic E-state index is 8.73. The molecule has 0 radical (unpaired) electrons. The Morgan fingerprint density at radius 2 is 2.12 bits per heavy atom. The van der Waals surface area contributed by atoms with Crippen LogP contribution in [0.5, 0.6) is 0 Å². The average Bonchev–Trinajstić information content (AvgIpc) is 2.81. The van der Waals surface area contributed by atoms with E-state index < -0.39 is 0 Å². The zero-order chi connectivity index (χ0) is 12.1. The van der Waals surface area contributed by atoms with Crippen LogP contribution in [-0.4, -0.2) is 30.3 Å². The molecular formula is C14H22N2O. The first-order valence-corrected chi connectivity index (χ1v) is 6.62. The van der Waals surface area contributed by atoms with Crippen molar-refractivity contribution in [2.75, 3.05) is 25.1 Å². The molecule has 0 saturated heterocycles. The predicted molar refractivity (Wildman–Crippen MR) is 70.5 cm³/mol. The first-order valence-electron chi connectivity index (χ1n) is 6.62. The third kappa shape index (κ3) is 3.19. The summed E-state index contributed by atoms with van der Waals surface area (Å²) in [5, 5.41) is 8.73. The van der Waals surface area contributed by atoms with Gasteiger partial charge < -0.3 is 10.0 Å². The summed E-state index contributed by atoms with van der Waals surface area (Å²) < 4.78 is 0. The molecule has 0 atom stereocenters. The monoisotopic (exact) mass is 234 g/mol. The molecule has 0 unspecified atom stereocenters. The van der Waals surface area contributed by atoms with Gasteiger partial charge in [0.25, 0.3) is 0 Å². The molecular weight excluding hydrogens is 212 g/mol. The van der Waals surface area contributed by atoms with Crippen molar-refractivity contribution in [3.63, 3.8) is 0 Å². The van der Waals surface area contributed by atoms with Crippen molar-refractivity contribution in [1.29, 1.82) is 0 Å². The van der Waals surface area contributed by atoms with E-state index in [4.69, 9.17) is 10.1 Å². The van der Waals surface area contributed by atoms with Crippen molar-refractivity contribution in [3.05, 3.63) is 23.4 Å². The van der Waals surface area contributed by atoms with Gasteiger partial charge in [-0.25, -0.2) is 4.98 Å². The molecule has 3 nitrogen and oxygen atoms in total. The molecule has 2 rings (SSSR count). The van der Waals surface area contributed by atoms with Gasteiger partial charge in [0.15, 0.2) is 0 Å². The third-order valence-electron chi connectivity index (χ3n) is 3.46. The smallest absolute Gasteiger partial charge is 0.128 e. The fraction of sp³-hybridized carbons (Fsp3) is 0.643.